The average Bonchev–Trinajstić information content (AvgIpc) is 2.41. The Morgan fingerprint density at radius 1 is 1.44 bits per heavy atom. The van der Waals surface area contributed by atoms with Gasteiger partial charge in [0.1, 0.15) is 0 Å². The minimum Gasteiger partial charge on any atom is -0.351 e. The fraction of sp³-hybridized carbons (Fsp3) is 0.714. The zero-order valence-corrected chi connectivity index (χ0v) is 11.7. The largest absolute Gasteiger partial charge is 0.351 e. The summed E-state index contributed by atoms with van der Waals surface area (Å²) in [7, 11) is 0. The molecule has 100 valence electrons. The van der Waals surface area contributed by atoms with Crippen molar-refractivity contribution < 1.29 is 0 Å². The molecule has 1 fully saturated rings. The number of aromatic nitrogens is 2. The molecule has 0 aliphatic carbocycles. The molecule has 0 spiro atoms. The molecule has 2 unspecified atom stereocenters. The third-order valence-electron chi connectivity index (χ3n) is 4.00. The molecule has 0 aromatic carbocycles. The SMILES string of the molecule is CCC1CCN(c2nc(C)cnc2C)C(CN)C1. The molecule has 2 N–H and O–H groups in total. The van der Waals surface area contributed by atoms with Gasteiger partial charge in [0.05, 0.1) is 11.4 Å². The van der Waals surface area contributed by atoms with Gasteiger partial charge in [-0.15, -0.1) is 0 Å². The minimum absolute atomic E-state index is 0.415. The summed E-state index contributed by atoms with van der Waals surface area (Å²) < 4.78 is 0. The van der Waals surface area contributed by atoms with Crippen molar-refractivity contribution >= 4 is 5.82 Å². The molecule has 1 saturated heterocycles. The molecule has 1 aromatic heterocycles. The van der Waals surface area contributed by atoms with Gasteiger partial charge in [0.2, 0.25) is 0 Å². The maximum absolute atomic E-state index is 5.95. The molecule has 2 heterocycles. The summed E-state index contributed by atoms with van der Waals surface area (Å²) in [5.41, 5.74) is 7.93. The van der Waals surface area contributed by atoms with Gasteiger partial charge in [0, 0.05) is 25.3 Å². The predicted molar refractivity (Wildman–Crippen MR) is 74.7 cm³/mol. The molecule has 2 atom stereocenters. The lowest BCUT2D eigenvalue weighted by Gasteiger charge is -2.40. The Kier molecular flexibility index (Phi) is 4.17. The Balaban J connectivity index is 2.23. The molecule has 2 rings (SSSR count). The van der Waals surface area contributed by atoms with Crippen molar-refractivity contribution in [1.82, 2.24) is 9.97 Å². The molecule has 18 heavy (non-hydrogen) atoms. The van der Waals surface area contributed by atoms with Crippen LogP contribution in [0, 0.1) is 19.8 Å². The second-order valence-corrected chi connectivity index (χ2v) is 5.30. The molecular formula is C14H24N4. The summed E-state index contributed by atoms with van der Waals surface area (Å²) in [5, 5.41) is 0. The van der Waals surface area contributed by atoms with Crippen LogP contribution >= 0.6 is 0 Å². The van der Waals surface area contributed by atoms with Crippen LogP contribution in [-0.4, -0.2) is 29.1 Å². The molecule has 0 bridgehead atoms. The van der Waals surface area contributed by atoms with E-state index in [9.17, 15) is 0 Å². The van der Waals surface area contributed by atoms with E-state index in [1.54, 1.807) is 0 Å². The number of nitrogens with zero attached hydrogens (tertiary/aromatic N) is 3. The van der Waals surface area contributed by atoms with Gasteiger partial charge in [-0.1, -0.05) is 13.3 Å². The van der Waals surface area contributed by atoms with E-state index in [-0.39, 0.29) is 0 Å². The summed E-state index contributed by atoms with van der Waals surface area (Å²) in [5.74, 6) is 1.84. The van der Waals surface area contributed by atoms with Crippen molar-refractivity contribution in [3.63, 3.8) is 0 Å². The number of nitrogens with two attached hydrogens (primary N) is 1. The molecule has 0 saturated carbocycles. The van der Waals surface area contributed by atoms with Crippen LogP contribution in [0.2, 0.25) is 0 Å². The van der Waals surface area contributed by atoms with Crippen LogP contribution in [0.15, 0.2) is 6.20 Å². The molecular weight excluding hydrogens is 224 g/mol. The highest BCUT2D eigenvalue weighted by Gasteiger charge is 2.28. The maximum atomic E-state index is 5.95. The van der Waals surface area contributed by atoms with E-state index in [0.29, 0.717) is 12.6 Å². The normalized spacial score (nSPS) is 24.3. The number of hydrogen-bond donors (Lipinski definition) is 1. The monoisotopic (exact) mass is 248 g/mol. The molecule has 4 heteroatoms. The number of aryl methyl sites for hydroxylation is 2. The molecule has 1 aromatic rings. The van der Waals surface area contributed by atoms with E-state index in [0.717, 1.165) is 29.7 Å². The van der Waals surface area contributed by atoms with Crippen molar-refractivity contribution in [3.8, 4) is 0 Å². The average molecular weight is 248 g/mol. The van der Waals surface area contributed by atoms with Gasteiger partial charge in [-0.05, 0) is 32.6 Å². The van der Waals surface area contributed by atoms with Crippen LogP contribution < -0.4 is 10.6 Å². The zero-order chi connectivity index (χ0) is 13.1. The van der Waals surface area contributed by atoms with Crippen LogP contribution in [0.1, 0.15) is 37.6 Å². The third-order valence-corrected chi connectivity index (χ3v) is 4.00. The Morgan fingerprint density at radius 2 is 2.22 bits per heavy atom. The molecule has 1 aliphatic rings. The van der Waals surface area contributed by atoms with Gasteiger partial charge in [-0.2, -0.15) is 0 Å². The van der Waals surface area contributed by atoms with E-state index in [2.05, 4.69) is 21.8 Å². The van der Waals surface area contributed by atoms with Crippen LogP contribution in [0.5, 0.6) is 0 Å². The lowest BCUT2D eigenvalue weighted by molar-refractivity contribution is 0.334. The highest BCUT2D eigenvalue weighted by atomic mass is 15.2. The first-order valence-corrected chi connectivity index (χ1v) is 6.92. The van der Waals surface area contributed by atoms with Crippen LogP contribution in [0.4, 0.5) is 5.82 Å². The van der Waals surface area contributed by atoms with Crippen molar-refractivity contribution in [2.45, 2.75) is 46.1 Å². The predicted octanol–water partition coefficient (Wildman–Crippen LogP) is 2.05. The first-order chi connectivity index (χ1) is 8.65. The second kappa shape index (κ2) is 5.65. The van der Waals surface area contributed by atoms with E-state index in [4.69, 9.17) is 5.73 Å². The third kappa shape index (κ3) is 2.64. The number of piperidine rings is 1. The van der Waals surface area contributed by atoms with E-state index in [1.807, 2.05) is 20.0 Å². The molecule has 1 aliphatic heterocycles. The Labute approximate surface area is 110 Å². The summed E-state index contributed by atoms with van der Waals surface area (Å²) >= 11 is 0. The Hall–Kier alpha value is -1.16. The van der Waals surface area contributed by atoms with Crippen molar-refractivity contribution in [2.24, 2.45) is 11.7 Å². The summed E-state index contributed by atoms with van der Waals surface area (Å²) in [6.45, 7) is 8.05. The summed E-state index contributed by atoms with van der Waals surface area (Å²) in [4.78, 5) is 11.4. The fourth-order valence-corrected chi connectivity index (χ4v) is 2.80. The van der Waals surface area contributed by atoms with Crippen molar-refractivity contribution in [2.75, 3.05) is 18.0 Å². The highest BCUT2D eigenvalue weighted by Crippen LogP contribution is 2.29. The van der Waals surface area contributed by atoms with Gasteiger partial charge in [0.25, 0.3) is 0 Å². The van der Waals surface area contributed by atoms with Crippen LogP contribution in [0.25, 0.3) is 0 Å². The number of anilines is 1. The van der Waals surface area contributed by atoms with E-state index < -0.39 is 0 Å². The fourth-order valence-electron chi connectivity index (χ4n) is 2.80. The smallest absolute Gasteiger partial charge is 0.150 e. The van der Waals surface area contributed by atoms with Crippen molar-refractivity contribution in [1.29, 1.82) is 0 Å². The Bertz CT molecular complexity index is 405. The maximum Gasteiger partial charge on any atom is 0.150 e. The molecule has 0 radical (unpaired) electrons. The highest BCUT2D eigenvalue weighted by molar-refractivity contribution is 5.45. The van der Waals surface area contributed by atoms with Gasteiger partial charge < -0.3 is 10.6 Å². The van der Waals surface area contributed by atoms with Crippen LogP contribution in [0.3, 0.4) is 0 Å². The van der Waals surface area contributed by atoms with Gasteiger partial charge >= 0.3 is 0 Å². The standard InChI is InChI=1S/C14H24N4/c1-4-12-5-6-18(13(7-12)8-15)14-11(3)16-9-10(2)17-14/h9,12-13H,4-8,15H2,1-3H3. The van der Waals surface area contributed by atoms with Gasteiger partial charge in [-0.3, -0.25) is 4.98 Å². The zero-order valence-electron chi connectivity index (χ0n) is 11.7. The summed E-state index contributed by atoms with van der Waals surface area (Å²) in [6.07, 6.45) is 5.50. The Morgan fingerprint density at radius 3 is 2.89 bits per heavy atom. The van der Waals surface area contributed by atoms with Gasteiger partial charge in [0.15, 0.2) is 5.82 Å². The lowest BCUT2D eigenvalue weighted by Crippen LogP contribution is -2.47. The lowest BCUT2D eigenvalue weighted by atomic mass is 9.89. The molecule has 4 nitrogen and oxygen atoms in total. The van der Waals surface area contributed by atoms with Gasteiger partial charge in [-0.25, -0.2) is 4.98 Å². The quantitative estimate of drug-likeness (QED) is 0.889. The first-order valence-electron chi connectivity index (χ1n) is 6.92. The number of rotatable bonds is 3. The number of hydrogen-bond acceptors (Lipinski definition) is 4. The van der Waals surface area contributed by atoms with E-state index >= 15 is 0 Å². The topological polar surface area (TPSA) is 55.0 Å². The van der Waals surface area contributed by atoms with E-state index in [1.165, 1.54) is 19.3 Å². The molecule has 0 amide bonds. The summed E-state index contributed by atoms with van der Waals surface area (Å²) in [6, 6.07) is 0.415. The van der Waals surface area contributed by atoms with Crippen molar-refractivity contribution in [3.05, 3.63) is 17.6 Å². The first kappa shape index (κ1) is 13.3. The second-order valence-electron chi connectivity index (χ2n) is 5.30. The van der Waals surface area contributed by atoms with Crippen LogP contribution in [-0.2, 0) is 0 Å². The minimum atomic E-state index is 0.415.